The molecule has 0 radical (unpaired) electrons. The Balaban J connectivity index is 1.47. The van der Waals surface area contributed by atoms with Crippen molar-refractivity contribution < 1.29 is 14.3 Å². The average molecular weight is 445 g/mol. The van der Waals surface area contributed by atoms with Crippen molar-refractivity contribution in [3.05, 3.63) is 64.1 Å². The maximum Gasteiger partial charge on any atom is 0.260 e. The van der Waals surface area contributed by atoms with Gasteiger partial charge in [-0.2, -0.15) is 0 Å². The number of carbonyl (C=O) groups excluding carboxylic acids is 2. The van der Waals surface area contributed by atoms with Crippen molar-refractivity contribution in [1.29, 1.82) is 0 Å². The first kappa shape index (κ1) is 20.4. The Morgan fingerprint density at radius 3 is 2.25 bits per heavy atom. The number of piperazine rings is 1. The van der Waals surface area contributed by atoms with E-state index in [0.29, 0.717) is 37.5 Å². The van der Waals surface area contributed by atoms with E-state index in [-0.39, 0.29) is 18.4 Å². The van der Waals surface area contributed by atoms with Crippen LogP contribution < -0.4 is 4.74 Å². The minimum Gasteiger partial charge on any atom is -0.484 e. The third-order valence-corrected chi connectivity index (χ3v) is 5.54. The number of amides is 2. The number of hydrogen-bond donors (Lipinski definition) is 0. The lowest BCUT2D eigenvalue weighted by molar-refractivity contribution is -0.134. The molecule has 2 aromatic rings. The van der Waals surface area contributed by atoms with Gasteiger partial charge in [-0.25, -0.2) is 0 Å². The molecule has 1 aliphatic rings. The van der Waals surface area contributed by atoms with Crippen molar-refractivity contribution in [2.24, 2.45) is 0 Å². The molecule has 0 atom stereocenters. The third-order valence-electron chi connectivity index (χ3n) is 4.85. The van der Waals surface area contributed by atoms with E-state index in [1.165, 1.54) is 5.56 Å². The van der Waals surface area contributed by atoms with Gasteiger partial charge in [-0.15, -0.1) is 0 Å². The normalized spacial score (nSPS) is 14.1. The molecular weight excluding hydrogens is 420 g/mol. The highest BCUT2D eigenvalue weighted by atomic mass is 79.9. The van der Waals surface area contributed by atoms with Crippen molar-refractivity contribution in [1.82, 2.24) is 9.80 Å². The summed E-state index contributed by atoms with van der Waals surface area (Å²) in [6.45, 7) is 4.26. The minimum atomic E-state index is -0.0503. The van der Waals surface area contributed by atoms with Crippen LogP contribution in [0.3, 0.4) is 0 Å². The summed E-state index contributed by atoms with van der Waals surface area (Å²) in [6, 6.07) is 15.3. The van der Waals surface area contributed by atoms with E-state index < -0.39 is 0 Å². The molecule has 148 valence electrons. The van der Waals surface area contributed by atoms with Crippen LogP contribution in [0, 0.1) is 0 Å². The molecule has 5 nitrogen and oxygen atoms in total. The summed E-state index contributed by atoms with van der Waals surface area (Å²) >= 11 is 3.43. The Morgan fingerprint density at radius 2 is 1.61 bits per heavy atom. The van der Waals surface area contributed by atoms with Crippen LogP contribution in [0.5, 0.6) is 5.75 Å². The molecule has 0 saturated carbocycles. The first-order valence-electron chi connectivity index (χ1n) is 9.62. The van der Waals surface area contributed by atoms with E-state index in [4.69, 9.17) is 4.74 Å². The highest BCUT2D eigenvalue weighted by molar-refractivity contribution is 9.10. The topological polar surface area (TPSA) is 49.9 Å². The molecule has 0 N–H and O–H groups in total. The number of halogens is 1. The fourth-order valence-electron chi connectivity index (χ4n) is 3.24. The van der Waals surface area contributed by atoms with Crippen molar-refractivity contribution >= 4 is 27.7 Å². The van der Waals surface area contributed by atoms with Crippen molar-refractivity contribution in [2.75, 3.05) is 32.8 Å². The molecule has 2 amide bonds. The lowest BCUT2D eigenvalue weighted by Gasteiger charge is -2.34. The van der Waals surface area contributed by atoms with Gasteiger partial charge in [0.2, 0.25) is 0 Å². The lowest BCUT2D eigenvalue weighted by atomic mass is 10.1. The molecule has 0 aliphatic carbocycles. The molecule has 2 aromatic carbocycles. The minimum absolute atomic E-state index is 0.0111. The first-order chi connectivity index (χ1) is 13.6. The summed E-state index contributed by atoms with van der Waals surface area (Å²) in [6.07, 6.45) is 2.15. The van der Waals surface area contributed by atoms with Crippen LogP contribution in [0.15, 0.2) is 53.0 Å². The van der Waals surface area contributed by atoms with Gasteiger partial charge in [-0.3, -0.25) is 9.59 Å². The van der Waals surface area contributed by atoms with E-state index >= 15 is 0 Å². The largest absolute Gasteiger partial charge is 0.484 e. The summed E-state index contributed by atoms with van der Waals surface area (Å²) in [7, 11) is 0. The Morgan fingerprint density at radius 1 is 0.964 bits per heavy atom. The Kier molecular flexibility index (Phi) is 7.09. The van der Waals surface area contributed by atoms with Gasteiger partial charge in [0.15, 0.2) is 6.61 Å². The fourth-order valence-corrected chi connectivity index (χ4v) is 3.70. The van der Waals surface area contributed by atoms with Gasteiger partial charge in [-0.1, -0.05) is 37.6 Å². The Hall–Kier alpha value is -2.34. The van der Waals surface area contributed by atoms with Gasteiger partial charge in [0.1, 0.15) is 5.75 Å². The highest BCUT2D eigenvalue weighted by Gasteiger charge is 2.25. The predicted octanol–water partition coefficient (Wildman–Crippen LogP) is 3.77. The number of nitrogens with zero attached hydrogens (tertiary/aromatic N) is 2. The van der Waals surface area contributed by atoms with E-state index in [2.05, 4.69) is 22.9 Å². The van der Waals surface area contributed by atoms with E-state index in [9.17, 15) is 9.59 Å². The van der Waals surface area contributed by atoms with E-state index in [0.717, 1.165) is 17.3 Å². The zero-order valence-electron chi connectivity index (χ0n) is 16.1. The van der Waals surface area contributed by atoms with Gasteiger partial charge in [0, 0.05) is 30.7 Å². The molecule has 1 aliphatic heterocycles. The predicted molar refractivity (Wildman–Crippen MR) is 113 cm³/mol. The maximum absolute atomic E-state index is 12.6. The molecule has 1 fully saturated rings. The number of hydrogen-bond acceptors (Lipinski definition) is 3. The Bertz CT molecular complexity index is 815. The SMILES string of the molecule is CCCc1ccc(OCC(=O)N2CCN(C(=O)c3ccccc3Br)CC2)cc1. The van der Waals surface area contributed by atoms with Crippen molar-refractivity contribution in [3.63, 3.8) is 0 Å². The monoisotopic (exact) mass is 444 g/mol. The zero-order valence-corrected chi connectivity index (χ0v) is 17.7. The zero-order chi connectivity index (χ0) is 19.9. The molecule has 1 heterocycles. The molecular formula is C22H25BrN2O3. The second-order valence-corrected chi connectivity index (χ2v) is 7.69. The van der Waals surface area contributed by atoms with Crippen LogP contribution in [-0.4, -0.2) is 54.4 Å². The van der Waals surface area contributed by atoms with Crippen molar-refractivity contribution in [2.45, 2.75) is 19.8 Å². The molecule has 6 heteroatoms. The molecule has 0 spiro atoms. The summed E-state index contributed by atoms with van der Waals surface area (Å²) in [5.41, 5.74) is 1.92. The van der Waals surface area contributed by atoms with Crippen molar-refractivity contribution in [3.8, 4) is 5.75 Å². The number of benzene rings is 2. The Labute approximate surface area is 174 Å². The molecule has 0 bridgehead atoms. The number of aryl methyl sites for hydroxylation is 1. The summed E-state index contributed by atoms with van der Waals surface area (Å²) in [5.74, 6) is 0.643. The van der Waals surface area contributed by atoms with Crippen LogP contribution in [0.25, 0.3) is 0 Å². The average Bonchev–Trinajstić information content (AvgIpc) is 2.73. The van der Waals surface area contributed by atoms with Gasteiger partial charge in [0.25, 0.3) is 11.8 Å². The maximum atomic E-state index is 12.6. The number of rotatable bonds is 6. The van der Waals surface area contributed by atoms with Crippen LogP contribution in [0.1, 0.15) is 29.3 Å². The van der Waals surface area contributed by atoms with Gasteiger partial charge in [-0.05, 0) is 52.2 Å². The van der Waals surface area contributed by atoms with E-state index in [1.54, 1.807) is 9.80 Å². The van der Waals surface area contributed by atoms with Gasteiger partial charge >= 0.3 is 0 Å². The van der Waals surface area contributed by atoms with Crippen LogP contribution in [0.4, 0.5) is 0 Å². The summed E-state index contributed by atoms with van der Waals surface area (Å²) in [5, 5.41) is 0. The lowest BCUT2D eigenvalue weighted by Crippen LogP contribution is -2.51. The molecule has 28 heavy (non-hydrogen) atoms. The number of carbonyl (C=O) groups is 2. The third kappa shape index (κ3) is 5.13. The van der Waals surface area contributed by atoms with Crippen LogP contribution in [0.2, 0.25) is 0 Å². The molecule has 0 unspecified atom stereocenters. The van der Waals surface area contributed by atoms with Crippen LogP contribution in [-0.2, 0) is 11.2 Å². The molecule has 1 saturated heterocycles. The first-order valence-corrected chi connectivity index (χ1v) is 10.4. The highest BCUT2D eigenvalue weighted by Crippen LogP contribution is 2.19. The quantitative estimate of drug-likeness (QED) is 0.681. The van der Waals surface area contributed by atoms with Crippen LogP contribution >= 0.6 is 15.9 Å². The summed E-state index contributed by atoms with van der Waals surface area (Å²) in [4.78, 5) is 28.6. The second kappa shape index (κ2) is 9.73. The smallest absolute Gasteiger partial charge is 0.260 e. The van der Waals surface area contributed by atoms with Gasteiger partial charge in [0.05, 0.1) is 5.56 Å². The summed E-state index contributed by atoms with van der Waals surface area (Å²) < 4.78 is 6.42. The molecule has 3 rings (SSSR count). The van der Waals surface area contributed by atoms with Gasteiger partial charge < -0.3 is 14.5 Å². The second-order valence-electron chi connectivity index (χ2n) is 6.84. The number of ether oxygens (including phenoxy) is 1. The standard InChI is InChI=1S/C22H25BrN2O3/c1-2-5-17-8-10-18(11-9-17)28-16-21(26)24-12-14-25(15-13-24)22(27)19-6-3-4-7-20(19)23/h3-4,6-11H,2,5,12-16H2,1H3. The molecule has 0 aromatic heterocycles. The van der Waals surface area contributed by atoms with E-state index in [1.807, 2.05) is 48.5 Å². The fraction of sp³-hybridized carbons (Fsp3) is 0.364.